The molecule has 1 aromatic carbocycles. The first-order chi connectivity index (χ1) is 8.11. The summed E-state index contributed by atoms with van der Waals surface area (Å²) in [5.74, 6) is 0.700. The third kappa shape index (κ3) is 2.43. The van der Waals surface area contributed by atoms with E-state index in [0.717, 1.165) is 24.2 Å². The standard InChI is InChI=1S/C14H20N2O/c1-3-4-10(2)8-16-9-11-5-6-12(15)7-13(11)14(16)17/h5-7,10H,3-4,8-9,15H2,1-2H3. The molecule has 1 atom stereocenters. The highest BCUT2D eigenvalue weighted by atomic mass is 16.2. The van der Waals surface area contributed by atoms with Crippen LogP contribution in [0, 0.1) is 5.92 Å². The van der Waals surface area contributed by atoms with Crippen LogP contribution >= 0.6 is 0 Å². The Morgan fingerprint density at radius 1 is 1.47 bits per heavy atom. The minimum absolute atomic E-state index is 0.134. The lowest BCUT2D eigenvalue weighted by Crippen LogP contribution is -2.28. The van der Waals surface area contributed by atoms with Gasteiger partial charge in [0, 0.05) is 24.3 Å². The van der Waals surface area contributed by atoms with E-state index in [1.165, 1.54) is 12.8 Å². The molecule has 0 bridgehead atoms. The fourth-order valence-electron chi connectivity index (χ4n) is 2.49. The van der Waals surface area contributed by atoms with Gasteiger partial charge in [0.1, 0.15) is 0 Å². The molecule has 17 heavy (non-hydrogen) atoms. The maximum Gasteiger partial charge on any atom is 0.254 e. The predicted molar refractivity (Wildman–Crippen MR) is 69.7 cm³/mol. The van der Waals surface area contributed by atoms with E-state index in [9.17, 15) is 4.79 Å². The van der Waals surface area contributed by atoms with E-state index in [-0.39, 0.29) is 5.91 Å². The van der Waals surface area contributed by atoms with Crippen LogP contribution in [0.25, 0.3) is 0 Å². The van der Waals surface area contributed by atoms with E-state index in [1.54, 1.807) is 6.07 Å². The Morgan fingerprint density at radius 2 is 2.24 bits per heavy atom. The van der Waals surface area contributed by atoms with Crippen molar-refractivity contribution in [3.05, 3.63) is 29.3 Å². The highest BCUT2D eigenvalue weighted by Gasteiger charge is 2.27. The quantitative estimate of drug-likeness (QED) is 0.811. The average Bonchev–Trinajstić information content (AvgIpc) is 2.57. The van der Waals surface area contributed by atoms with Gasteiger partial charge in [-0.1, -0.05) is 26.3 Å². The van der Waals surface area contributed by atoms with Crippen molar-refractivity contribution in [1.29, 1.82) is 0 Å². The van der Waals surface area contributed by atoms with Crippen molar-refractivity contribution in [2.45, 2.75) is 33.2 Å². The molecule has 0 saturated heterocycles. The van der Waals surface area contributed by atoms with E-state index >= 15 is 0 Å². The molecule has 92 valence electrons. The Balaban J connectivity index is 2.09. The van der Waals surface area contributed by atoms with Crippen LogP contribution in [0.1, 0.15) is 42.6 Å². The van der Waals surface area contributed by atoms with Gasteiger partial charge in [0.2, 0.25) is 0 Å². The zero-order valence-corrected chi connectivity index (χ0v) is 10.6. The number of fused-ring (bicyclic) bond motifs is 1. The molecule has 0 radical (unpaired) electrons. The molecule has 1 aliphatic heterocycles. The number of nitrogens with two attached hydrogens (primary N) is 1. The summed E-state index contributed by atoms with van der Waals surface area (Å²) in [6, 6.07) is 5.63. The van der Waals surface area contributed by atoms with Crippen molar-refractivity contribution in [2.75, 3.05) is 12.3 Å². The topological polar surface area (TPSA) is 46.3 Å². The van der Waals surface area contributed by atoms with Gasteiger partial charge in [-0.05, 0) is 30.0 Å². The highest BCUT2D eigenvalue weighted by molar-refractivity contribution is 5.99. The van der Waals surface area contributed by atoms with Crippen LogP contribution in [0.4, 0.5) is 5.69 Å². The van der Waals surface area contributed by atoms with E-state index in [2.05, 4.69) is 13.8 Å². The first-order valence-corrected chi connectivity index (χ1v) is 6.29. The van der Waals surface area contributed by atoms with Crippen molar-refractivity contribution in [1.82, 2.24) is 4.90 Å². The average molecular weight is 232 g/mol. The maximum absolute atomic E-state index is 12.2. The Labute approximate surface area is 103 Å². The van der Waals surface area contributed by atoms with Crippen LogP contribution in [0.3, 0.4) is 0 Å². The Morgan fingerprint density at radius 3 is 2.94 bits per heavy atom. The lowest BCUT2D eigenvalue weighted by molar-refractivity contribution is 0.0753. The lowest BCUT2D eigenvalue weighted by Gasteiger charge is -2.20. The smallest absolute Gasteiger partial charge is 0.254 e. The summed E-state index contributed by atoms with van der Waals surface area (Å²) in [6.45, 7) is 5.97. The zero-order valence-electron chi connectivity index (χ0n) is 10.6. The van der Waals surface area contributed by atoms with Gasteiger partial charge < -0.3 is 10.6 Å². The summed E-state index contributed by atoms with van der Waals surface area (Å²) in [5, 5.41) is 0. The third-order valence-corrected chi connectivity index (χ3v) is 3.33. The van der Waals surface area contributed by atoms with E-state index < -0.39 is 0 Å². The summed E-state index contributed by atoms with van der Waals surface area (Å²) in [7, 11) is 0. The van der Waals surface area contributed by atoms with Gasteiger partial charge in [-0.25, -0.2) is 0 Å². The van der Waals surface area contributed by atoms with Gasteiger partial charge in [-0.3, -0.25) is 4.79 Å². The molecule has 1 amide bonds. The monoisotopic (exact) mass is 232 g/mol. The molecular formula is C14H20N2O. The van der Waals surface area contributed by atoms with Crippen molar-refractivity contribution >= 4 is 11.6 Å². The summed E-state index contributed by atoms with van der Waals surface area (Å²) >= 11 is 0. The summed E-state index contributed by atoms with van der Waals surface area (Å²) in [5.41, 5.74) is 8.27. The van der Waals surface area contributed by atoms with Crippen LogP contribution < -0.4 is 5.73 Å². The molecule has 1 unspecified atom stereocenters. The molecule has 0 aromatic heterocycles. The Bertz CT molecular complexity index is 428. The summed E-state index contributed by atoms with van der Waals surface area (Å²) in [4.78, 5) is 14.1. The molecule has 1 aromatic rings. The highest BCUT2D eigenvalue weighted by Crippen LogP contribution is 2.25. The number of carbonyl (C=O) groups is 1. The molecule has 2 N–H and O–H groups in total. The second-order valence-corrected chi connectivity index (χ2v) is 5.00. The van der Waals surface area contributed by atoms with E-state index in [4.69, 9.17) is 5.73 Å². The Kier molecular flexibility index (Phi) is 3.36. The van der Waals surface area contributed by atoms with E-state index in [0.29, 0.717) is 11.6 Å². The minimum atomic E-state index is 0.134. The molecule has 1 aliphatic rings. The van der Waals surface area contributed by atoms with Crippen LogP contribution in [-0.2, 0) is 6.54 Å². The molecule has 3 heteroatoms. The molecule has 0 saturated carbocycles. The lowest BCUT2D eigenvalue weighted by atomic mass is 10.1. The summed E-state index contributed by atoms with van der Waals surface area (Å²) in [6.07, 6.45) is 2.34. The molecular weight excluding hydrogens is 212 g/mol. The van der Waals surface area contributed by atoms with Crippen molar-refractivity contribution in [2.24, 2.45) is 5.92 Å². The van der Waals surface area contributed by atoms with E-state index in [1.807, 2.05) is 17.0 Å². The fraction of sp³-hybridized carbons (Fsp3) is 0.500. The van der Waals surface area contributed by atoms with Gasteiger partial charge in [0.05, 0.1) is 0 Å². The normalized spacial score (nSPS) is 16.1. The molecule has 2 rings (SSSR count). The van der Waals surface area contributed by atoms with Gasteiger partial charge in [-0.15, -0.1) is 0 Å². The van der Waals surface area contributed by atoms with Crippen LogP contribution in [0.5, 0.6) is 0 Å². The van der Waals surface area contributed by atoms with Crippen molar-refractivity contribution in [3.8, 4) is 0 Å². The van der Waals surface area contributed by atoms with Crippen LogP contribution in [0.2, 0.25) is 0 Å². The van der Waals surface area contributed by atoms with Crippen molar-refractivity contribution in [3.63, 3.8) is 0 Å². The number of hydrogen-bond acceptors (Lipinski definition) is 2. The summed E-state index contributed by atoms with van der Waals surface area (Å²) < 4.78 is 0. The van der Waals surface area contributed by atoms with Crippen LogP contribution in [-0.4, -0.2) is 17.4 Å². The maximum atomic E-state index is 12.2. The molecule has 0 spiro atoms. The van der Waals surface area contributed by atoms with Gasteiger partial charge >= 0.3 is 0 Å². The minimum Gasteiger partial charge on any atom is -0.399 e. The second kappa shape index (κ2) is 4.78. The van der Waals surface area contributed by atoms with Crippen molar-refractivity contribution < 1.29 is 4.79 Å². The SMILES string of the molecule is CCCC(C)CN1Cc2ccc(N)cc2C1=O. The molecule has 1 heterocycles. The largest absolute Gasteiger partial charge is 0.399 e. The number of rotatable bonds is 4. The number of benzene rings is 1. The number of amides is 1. The first-order valence-electron chi connectivity index (χ1n) is 6.29. The first kappa shape index (κ1) is 12.0. The number of hydrogen-bond donors (Lipinski definition) is 1. The predicted octanol–water partition coefficient (Wildman–Crippen LogP) is 2.66. The number of nitrogen functional groups attached to an aromatic ring is 1. The Hall–Kier alpha value is -1.51. The number of carbonyl (C=O) groups excluding carboxylic acids is 1. The fourth-order valence-corrected chi connectivity index (χ4v) is 2.49. The van der Waals surface area contributed by atoms with Gasteiger partial charge in [0.25, 0.3) is 5.91 Å². The zero-order chi connectivity index (χ0) is 12.4. The third-order valence-electron chi connectivity index (χ3n) is 3.33. The number of anilines is 1. The molecule has 0 fully saturated rings. The molecule has 3 nitrogen and oxygen atoms in total. The molecule has 0 aliphatic carbocycles. The van der Waals surface area contributed by atoms with Gasteiger partial charge in [0.15, 0.2) is 0 Å². The van der Waals surface area contributed by atoms with Crippen LogP contribution in [0.15, 0.2) is 18.2 Å². The number of nitrogens with zero attached hydrogens (tertiary/aromatic N) is 1. The second-order valence-electron chi connectivity index (χ2n) is 5.00. The van der Waals surface area contributed by atoms with Gasteiger partial charge in [-0.2, -0.15) is 0 Å².